The summed E-state index contributed by atoms with van der Waals surface area (Å²) in [6, 6.07) is 16.1. The standard InChI is InChI=1S/C25H31N3O4/c1-31-22-11-10-19(15-23(22)32-21-8-5-9-21)27-12-13-28(25(30)16-24(26)29)20(17-27)14-18-6-3-2-4-7-18/h2-4,6-7,10-11,15,20-21H,5,8-9,12-14,16-17H2,1H3,(H2,26,29). The zero-order chi connectivity index (χ0) is 22.5. The Morgan fingerprint density at radius 1 is 1.06 bits per heavy atom. The van der Waals surface area contributed by atoms with Gasteiger partial charge in [0.25, 0.3) is 0 Å². The van der Waals surface area contributed by atoms with Gasteiger partial charge in [0.2, 0.25) is 11.8 Å². The molecule has 0 aromatic heterocycles. The van der Waals surface area contributed by atoms with Crippen LogP contribution in [0.25, 0.3) is 0 Å². The summed E-state index contributed by atoms with van der Waals surface area (Å²) in [5, 5.41) is 0. The predicted octanol–water partition coefficient (Wildman–Crippen LogP) is 2.76. The number of piperazine rings is 1. The third-order valence-corrected chi connectivity index (χ3v) is 6.30. The predicted molar refractivity (Wildman–Crippen MR) is 123 cm³/mol. The summed E-state index contributed by atoms with van der Waals surface area (Å²) in [6.45, 7) is 1.87. The zero-order valence-corrected chi connectivity index (χ0v) is 18.5. The van der Waals surface area contributed by atoms with Crippen molar-refractivity contribution in [1.82, 2.24) is 4.90 Å². The maximum absolute atomic E-state index is 12.7. The van der Waals surface area contributed by atoms with E-state index in [9.17, 15) is 9.59 Å². The number of hydrogen-bond acceptors (Lipinski definition) is 5. The van der Waals surface area contributed by atoms with E-state index >= 15 is 0 Å². The molecule has 0 radical (unpaired) electrons. The first-order chi connectivity index (χ1) is 15.5. The van der Waals surface area contributed by atoms with Crippen molar-refractivity contribution in [1.29, 1.82) is 0 Å². The van der Waals surface area contributed by atoms with E-state index in [0.717, 1.165) is 35.6 Å². The highest BCUT2D eigenvalue weighted by atomic mass is 16.5. The van der Waals surface area contributed by atoms with E-state index in [1.165, 1.54) is 6.42 Å². The number of anilines is 1. The van der Waals surface area contributed by atoms with Gasteiger partial charge in [0.05, 0.1) is 19.3 Å². The summed E-state index contributed by atoms with van der Waals surface area (Å²) >= 11 is 0. The molecule has 0 spiro atoms. The summed E-state index contributed by atoms with van der Waals surface area (Å²) in [6.07, 6.45) is 4.07. The molecule has 0 bridgehead atoms. The highest BCUT2D eigenvalue weighted by Crippen LogP contribution is 2.36. The maximum Gasteiger partial charge on any atom is 0.232 e. The van der Waals surface area contributed by atoms with Crippen molar-refractivity contribution >= 4 is 17.5 Å². The number of nitrogens with zero attached hydrogens (tertiary/aromatic N) is 2. The molecule has 1 heterocycles. The Morgan fingerprint density at radius 3 is 2.50 bits per heavy atom. The number of hydrogen-bond donors (Lipinski definition) is 1. The topological polar surface area (TPSA) is 85.1 Å². The lowest BCUT2D eigenvalue weighted by Crippen LogP contribution is -2.56. The SMILES string of the molecule is COc1ccc(N2CCN(C(=O)CC(N)=O)C(Cc3ccccc3)C2)cc1OC1CCC1. The van der Waals surface area contributed by atoms with Crippen LogP contribution in [-0.4, -0.2) is 55.6 Å². The Hall–Kier alpha value is -3.22. The van der Waals surface area contributed by atoms with Gasteiger partial charge < -0.3 is 25.0 Å². The van der Waals surface area contributed by atoms with Gasteiger partial charge >= 0.3 is 0 Å². The highest BCUT2D eigenvalue weighted by molar-refractivity contribution is 5.96. The van der Waals surface area contributed by atoms with E-state index in [1.54, 1.807) is 7.11 Å². The van der Waals surface area contributed by atoms with Crippen LogP contribution < -0.4 is 20.1 Å². The molecule has 1 aliphatic heterocycles. The molecule has 2 amide bonds. The van der Waals surface area contributed by atoms with Gasteiger partial charge in [-0.25, -0.2) is 0 Å². The van der Waals surface area contributed by atoms with E-state index in [0.29, 0.717) is 26.1 Å². The molecule has 1 saturated heterocycles. The third-order valence-electron chi connectivity index (χ3n) is 6.30. The normalized spacial score (nSPS) is 18.7. The Bertz CT molecular complexity index is 945. The van der Waals surface area contributed by atoms with Crippen molar-refractivity contribution in [2.45, 2.75) is 44.2 Å². The molecule has 2 aliphatic rings. The molecule has 32 heavy (non-hydrogen) atoms. The van der Waals surface area contributed by atoms with E-state index < -0.39 is 5.91 Å². The molecule has 2 aromatic rings. The van der Waals surface area contributed by atoms with Crippen molar-refractivity contribution in [2.75, 3.05) is 31.6 Å². The molecule has 1 atom stereocenters. The number of amides is 2. The molecule has 2 aromatic carbocycles. The van der Waals surface area contributed by atoms with Crippen LogP contribution in [-0.2, 0) is 16.0 Å². The van der Waals surface area contributed by atoms with E-state index in [-0.39, 0.29) is 24.5 Å². The fourth-order valence-corrected chi connectivity index (χ4v) is 4.35. The molecule has 1 aliphatic carbocycles. The molecule has 7 heteroatoms. The molecular formula is C25H31N3O4. The zero-order valence-electron chi connectivity index (χ0n) is 18.5. The number of nitrogens with two attached hydrogens (primary N) is 1. The van der Waals surface area contributed by atoms with Crippen LogP contribution in [0.1, 0.15) is 31.2 Å². The molecule has 1 unspecified atom stereocenters. The third kappa shape index (κ3) is 5.15. The van der Waals surface area contributed by atoms with Crippen LogP contribution in [0.2, 0.25) is 0 Å². The van der Waals surface area contributed by atoms with Gasteiger partial charge in [-0.2, -0.15) is 0 Å². The van der Waals surface area contributed by atoms with Crippen molar-refractivity contribution in [3.8, 4) is 11.5 Å². The number of carbonyl (C=O) groups excluding carboxylic acids is 2. The van der Waals surface area contributed by atoms with Gasteiger partial charge in [-0.05, 0) is 43.4 Å². The molecular weight excluding hydrogens is 406 g/mol. The summed E-state index contributed by atoms with van der Waals surface area (Å²) in [5.74, 6) is 0.698. The second-order valence-corrected chi connectivity index (χ2v) is 8.53. The number of carbonyl (C=O) groups is 2. The van der Waals surface area contributed by atoms with E-state index in [1.807, 2.05) is 41.3 Å². The lowest BCUT2D eigenvalue weighted by Gasteiger charge is -2.43. The van der Waals surface area contributed by atoms with Gasteiger partial charge in [-0.15, -0.1) is 0 Å². The van der Waals surface area contributed by atoms with Crippen LogP contribution >= 0.6 is 0 Å². The van der Waals surface area contributed by atoms with Crippen molar-refractivity contribution < 1.29 is 19.1 Å². The van der Waals surface area contributed by atoms with Gasteiger partial charge in [0.1, 0.15) is 6.42 Å². The van der Waals surface area contributed by atoms with Crippen molar-refractivity contribution in [2.24, 2.45) is 5.73 Å². The minimum absolute atomic E-state index is 0.0592. The fourth-order valence-electron chi connectivity index (χ4n) is 4.35. The quantitative estimate of drug-likeness (QED) is 0.642. The maximum atomic E-state index is 12.7. The largest absolute Gasteiger partial charge is 0.493 e. The molecule has 1 saturated carbocycles. The smallest absolute Gasteiger partial charge is 0.232 e. The van der Waals surface area contributed by atoms with Gasteiger partial charge in [-0.1, -0.05) is 30.3 Å². The van der Waals surface area contributed by atoms with E-state index in [4.69, 9.17) is 15.2 Å². The minimum atomic E-state index is -0.594. The Labute approximate surface area is 189 Å². The Kier molecular flexibility index (Phi) is 6.83. The second kappa shape index (κ2) is 9.94. The summed E-state index contributed by atoms with van der Waals surface area (Å²) in [7, 11) is 1.65. The number of rotatable bonds is 8. The summed E-state index contributed by atoms with van der Waals surface area (Å²) in [5.41, 5.74) is 7.49. The fraction of sp³-hybridized carbons (Fsp3) is 0.440. The first-order valence-electron chi connectivity index (χ1n) is 11.2. The minimum Gasteiger partial charge on any atom is -0.493 e. The number of ether oxygens (including phenoxy) is 2. The van der Waals surface area contributed by atoms with Crippen LogP contribution in [0.3, 0.4) is 0 Å². The molecule has 4 rings (SSSR count). The van der Waals surface area contributed by atoms with Crippen molar-refractivity contribution in [3.63, 3.8) is 0 Å². The molecule has 2 N–H and O–H groups in total. The van der Waals surface area contributed by atoms with Crippen LogP contribution in [0.15, 0.2) is 48.5 Å². The lowest BCUT2D eigenvalue weighted by atomic mass is 9.96. The van der Waals surface area contributed by atoms with Crippen molar-refractivity contribution in [3.05, 3.63) is 54.1 Å². The molecule has 7 nitrogen and oxygen atoms in total. The lowest BCUT2D eigenvalue weighted by molar-refractivity contribution is -0.137. The average molecular weight is 438 g/mol. The summed E-state index contributed by atoms with van der Waals surface area (Å²) in [4.78, 5) is 28.2. The van der Waals surface area contributed by atoms with Crippen LogP contribution in [0.4, 0.5) is 5.69 Å². The Morgan fingerprint density at radius 2 is 1.84 bits per heavy atom. The van der Waals surface area contributed by atoms with Crippen LogP contribution in [0.5, 0.6) is 11.5 Å². The molecule has 170 valence electrons. The molecule has 2 fully saturated rings. The second-order valence-electron chi connectivity index (χ2n) is 8.53. The highest BCUT2D eigenvalue weighted by Gasteiger charge is 2.32. The van der Waals surface area contributed by atoms with Crippen LogP contribution in [0, 0.1) is 0 Å². The first-order valence-corrected chi connectivity index (χ1v) is 11.2. The average Bonchev–Trinajstić information content (AvgIpc) is 2.76. The van der Waals surface area contributed by atoms with Gasteiger partial charge in [0, 0.05) is 31.4 Å². The Balaban J connectivity index is 1.54. The monoisotopic (exact) mass is 437 g/mol. The number of benzene rings is 2. The van der Waals surface area contributed by atoms with Gasteiger partial charge in [-0.3, -0.25) is 9.59 Å². The summed E-state index contributed by atoms with van der Waals surface area (Å²) < 4.78 is 11.7. The number of primary amides is 1. The van der Waals surface area contributed by atoms with Gasteiger partial charge in [0.15, 0.2) is 11.5 Å². The van der Waals surface area contributed by atoms with E-state index in [2.05, 4.69) is 17.0 Å². The number of methoxy groups -OCH3 is 1. The first kappa shape index (κ1) is 22.0.